The molecule has 1 heterocycles. The molecule has 0 aromatic heterocycles. The fourth-order valence-electron chi connectivity index (χ4n) is 3.64. The van der Waals surface area contributed by atoms with Gasteiger partial charge >= 0.3 is 5.97 Å². The summed E-state index contributed by atoms with van der Waals surface area (Å²) in [5.74, 6) is -0.733. The molecule has 3 unspecified atom stereocenters. The minimum Gasteiger partial charge on any atom is -0.632 e. The lowest BCUT2D eigenvalue weighted by Crippen LogP contribution is -2.49. The van der Waals surface area contributed by atoms with Crippen LogP contribution in [0, 0.1) is 5.21 Å². The highest BCUT2D eigenvalue weighted by atomic mass is 16.6. The van der Waals surface area contributed by atoms with Gasteiger partial charge in [-0.05, 0) is 19.3 Å². The van der Waals surface area contributed by atoms with Crippen molar-refractivity contribution in [2.75, 3.05) is 19.8 Å². The Labute approximate surface area is 152 Å². The van der Waals surface area contributed by atoms with Crippen molar-refractivity contribution in [2.24, 2.45) is 0 Å². The number of aliphatic carboxylic acids is 1. The van der Waals surface area contributed by atoms with Crippen LogP contribution >= 0.6 is 0 Å². The van der Waals surface area contributed by atoms with Crippen molar-refractivity contribution < 1.29 is 19.7 Å². The van der Waals surface area contributed by atoms with Crippen molar-refractivity contribution in [2.45, 2.75) is 96.1 Å². The molecule has 0 spiro atoms. The van der Waals surface area contributed by atoms with Crippen LogP contribution in [0.2, 0.25) is 0 Å². The molecule has 1 aliphatic heterocycles. The number of rotatable bonds is 15. The lowest BCUT2D eigenvalue weighted by Gasteiger charge is -2.44. The average molecular weight is 359 g/mol. The summed E-state index contributed by atoms with van der Waals surface area (Å²) in [6.07, 6.45) is 10.4. The largest absolute Gasteiger partial charge is 0.632 e. The Morgan fingerprint density at radius 2 is 1.88 bits per heavy atom. The number of aliphatic hydroxyl groups is 1. The van der Waals surface area contributed by atoms with Crippen LogP contribution in [0.4, 0.5) is 0 Å². The SMILES string of the molecule is CCCCCCC(O)CC[N+]1([O-])CNCC1CCCCCCC(=O)O. The van der Waals surface area contributed by atoms with Crippen molar-refractivity contribution in [3.05, 3.63) is 5.21 Å². The summed E-state index contributed by atoms with van der Waals surface area (Å²) in [7, 11) is 0. The molecule has 1 saturated heterocycles. The van der Waals surface area contributed by atoms with Crippen molar-refractivity contribution in [1.82, 2.24) is 5.32 Å². The number of unbranched alkanes of at least 4 members (excludes halogenated alkanes) is 6. The van der Waals surface area contributed by atoms with Crippen molar-refractivity contribution in [3.8, 4) is 0 Å². The molecule has 6 heteroatoms. The summed E-state index contributed by atoms with van der Waals surface area (Å²) in [4.78, 5) is 10.5. The molecule has 0 bridgehead atoms. The number of hydrogen-bond acceptors (Lipinski definition) is 4. The number of nitrogens with zero attached hydrogens (tertiary/aromatic N) is 1. The Kier molecular flexibility index (Phi) is 11.3. The number of carboxylic acids is 1. The molecular formula is C19H38N2O4. The first-order valence-electron chi connectivity index (χ1n) is 10.2. The van der Waals surface area contributed by atoms with Crippen LogP contribution in [-0.2, 0) is 4.79 Å². The average Bonchev–Trinajstić information content (AvgIpc) is 2.94. The summed E-state index contributed by atoms with van der Waals surface area (Å²) in [6.45, 7) is 3.87. The Bertz CT molecular complexity index is 367. The third-order valence-corrected chi connectivity index (χ3v) is 5.33. The van der Waals surface area contributed by atoms with Gasteiger partial charge in [0, 0.05) is 19.3 Å². The van der Waals surface area contributed by atoms with Gasteiger partial charge in [-0.15, -0.1) is 0 Å². The fraction of sp³-hybridized carbons (Fsp3) is 0.947. The van der Waals surface area contributed by atoms with Gasteiger partial charge in [0.25, 0.3) is 0 Å². The number of nitrogens with one attached hydrogen (secondary N) is 1. The first kappa shape index (κ1) is 22.4. The molecule has 0 radical (unpaired) electrons. The van der Waals surface area contributed by atoms with Crippen LogP contribution in [0.25, 0.3) is 0 Å². The number of aliphatic hydroxyl groups excluding tert-OH is 1. The van der Waals surface area contributed by atoms with E-state index in [1.807, 2.05) is 0 Å². The first-order chi connectivity index (χ1) is 12.0. The fourth-order valence-corrected chi connectivity index (χ4v) is 3.64. The highest BCUT2D eigenvalue weighted by Crippen LogP contribution is 2.23. The Morgan fingerprint density at radius 1 is 1.16 bits per heavy atom. The van der Waals surface area contributed by atoms with Gasteiger partial charge in [-0.2, -0.15) is 0 Å². The van der Waals surface area contributed by atoms with Crippen LogP contribution < -0.4 is 5.32 Å². The molecular weight excluding hydrogens is 320 g/mol. The van der Waals surface area contributed by atoms with Crippen LogP contribution in [-0.4, -0.2) is 52.7 Å². The molecule has 6 nitrogen and oxygen atoms in total. The van der Waals surface area contributed by atoms with Gasteiger partial charge in [-0.25, -0.2) is 0 Å². The predicted molar refractivity (Wildman–Crippen MR) is 99.9 cm³/mol. The van der Waals surface area contributed by atoms with Gasteiger partial charge < -0.3 is 20.1 Å². The van der Waals surface area contributed by atoms with Crippen LogP contribution in [0.5, 0.6) is 0 Å². The van der Waals surface area contributed by atoms with Crippen molar-refractivity contribution in [1.29, 1.82) is 0 Å². The number of hydrogen-bond donors (Lipinski definition) is 3. The second kappa shape index (κ2) is 12.6. The van der Waals surface area contributed by atoms with E-state index in [0.29, 0.717) is 19.6 Å². The summed E-state index contributed by atoms with van der Waals surface area (Å²) >= 11 is 0. The number of quaternary nitrogens is 1. The number of carbonyl (C=O) groups is 1. The van der Waals surface area contributed by atoms with E-state index in [1.165, 1.54) is 12.8 Å². The van der Waals surface area contributed by atoms with Gasteiger partial charge in [0.05, 0.1) is 19.2 Å². The zero-order valence-corrected chi connectivity index (χ0v) is 15.9. The zero-order valence-electron chi connectivity index (χ0n) is 15.9. The standard InChI is InChI=1S/C19H38N2O4/c1-2-3-4-8-11-18(22)13-14-21(25)16-20-15-17(21)10-7-5-6-9-12-19(23)24/h17-18,20,22H,2-16H2,1H3,(H,23,24). The van der Waals surface area contributed by atoms with E-state index in [-0.39, 0.29) is 23.2 Å². The molecule has 1 fully saturated rings. The Morgan fingerprint density at radius 3 is 2.60 bits per heavy atom. The summed E-state index contributed by atoms with van der Waals surface area (Å²) in [5.41, 5.74) is 0. The zero-order chi connectivity index (χ0) is 18.5. The third-order valence-electron chi connectivity index (χ3n) is 5.33. The second-order valence-corrected chi connectivity index (χ2v) is 7.58. The third kappa shape index (κ3) is 9.54. The van der Waals surface area contributed by atoms with Crippen LogP contribution in [0.15, 0.2) is 0 Å². The summed E-state index contributed by atoms with van der Waals surface area (Å²) < 4.78 is -0.221. The van der Waals surface area contributed by atoms with E-state index < -0.39 is 5.97 Å². The van der Waals surface area contributed by atoms with Gasteiger partial charge in [0.1, 0.15) is 12.7 Å². The van der Waals surface area contributed by atoms with Gasteiger partial charge in [0.2, 0.25) is 0 Å². The molecule has 3 atom stereocenters. The monoisotopic (exact) mass is 358 g/mol. The Hall–Kier alpha value is -0.690. The molecule has 0 aliphatic carbocycles. The molecule has 25 heavy (non-hydrogen) atoms. The van der Waals surface area contributed by atoms with E-state index in [0.717, 1.165) is 57.9 Å². The maximum Gasteiger partial charge on any atom is 0.303 e. The second-order valence-electron chi connectivity index (χ2n) is 7.58. The number of carboxylic acid groups (broad SMARTS) is 1. The minimum atomic E-state index is -0.733. The first-order valence-corrected chi connectivity index (χ1v) is 10.2. The van der Waals surface area contributed by atoms with E-state index in [2.05, 4.69) is 12.2 Å². The lowest BCUT2D eigenvalue weighted by atomic mass is 10.0. The quantitative estimate of drug-likeness (QED) is 0.237. The molecule has 0 amide bonds. The highest BCUT2D eigenvalue weighted by Gasteiger charge is 2.33. The molecule has 148 valence electrons. The van der Waals surface area contributed by atoms with Crippen LogP contribution in [0.1, 0.15) is 84.0 Å². The van der Waals surface area contributed by atoms with Gasteiger partial charge in [-0.3, -0.25) is 10.1 Å². The van der Waals surface area contributed by atoms with Crippen molar-refractivity contribution >= 4 is 5.97 Å². The molecule has 0 aromatic rings. The summed E-state index contributed by atoms with van der Waals surface area (Å²) in [6, 6.07) is 0.0757. The Balaban J connectivity index is 2.19. The van der Waals surface area contributed by atoms with E-state index in [1.54, 1.807) is 0 Å². The topological polar surface area (TPSA) is 92.6 Å². The van der Waals surface area contributed by atoms with Crippen molar-refractivity contribution in [3.63, 3.8) is 0 Å². The smallest absolute Gasteiger partial charge is 0.303 e. The molecule has 1 aliphatic rings. The predicted octanol–water partition coefficient (Wildman–Crippen LogP) is 3.38. The summed E-state index contributed by atoms with van der Waals surface area (Å²) in [5, 5.41) is 35.0. The van der Waals surface area contributed by atoms with E-state index in [9.17, 15) is 15.1 Å². The molecule has 1 rings (SSSR count). The minimum absolute atomic E-state index is 0.0757. The highest BCUT2D eigenvalue weighted by molar-refractivity contribution is 5.66. The molecule has 0 aromatic carbocycles. The molecule has 0 saturated carbocycles. The van der Waals surface area contributed by atoms with E-state index in [4.69, 9.17) is 5.11 Å². The van der Waals surface area contributed by atoms with Gasteiger partial charge in [0.15, 0.2) is 0 Å². The normalized spacial score (nSPS) is 24.5. The van der Waals surface area contributed by atoms with Gasteiger partial charge in [-0.1, -0.05) is 45.4 Å². The lowest BCUT2D eigenvalue weighted by molar-refractivity contribution is -0.893. The number of hydroxylamine groups is 3. The van der Waals surface area contributed by atoms with Crippen LogP contribution in [0.3, 0.4) is 0 Å². The molecule has 3 N–H and O–H groups in total. The maximum atomic E-state index is 13.0. The maximum absolute atomic E-state index is 13.0. The van der Waals surface area contributed by atoms with E-state index >= 15 is 0 Å².